The third-order valence-electron chi connectivity index (χ3n) is 5.23. The molecule has 148 valence electrons. The van der Waals surface area contributed by atoms with Gasteiger partial charge in [-0.05, 0) is 43.2 Å². The smallest absolute Gasteiger partial charge is 0.280 e. The summed E-state index contributed by atoms with van der Waals surface area (Å²) in [5.74, 6) is -0.307. The molecular weight excluding hydrogens is 381 g/mol. The Morgan fingerprint density at radius 1 is 0.933 bits per heavy atom. The van der Waals surface area contributed by atoms with E-state index in [1.807, 2.05) is 44.2 Å². The summed E-state index contributed by atoms with van der Waals surface area (Å²) in [6.45, 7) is 4.34. The van der Waals surface area contributed by atoms with Gasteiger partial charge in [0.1, 0.15) is 11.3 Å². The van der Waals surface area contributed by atoms with Crippen LogP contribution in [0.1, 0.15) is 16.8 Å². The molecule has 0 spiro atoms. The minimum Gasteiger partial charge on any atom is -0.309 e. The van der Waals surface area contributed by atoms with Gasteiger partial charge in [-0.1, -0.05) is 42.0 Å². The van der Waals surface area contributed by atoms with E-state index in [0.717, 1.165) is 22.4 Å². The van der Waals surface area contributed by atoms with Crippen molar-refractivity contribution in [2.75, 3.05) is 0 Å². The molecule has 0 radical (unpaired) electrons. The maximum atomic E-state index is 13.3. The van der Waals surface area contributed by atoms with E-state index in [9.17, 15) is 9.18 Å². The molecule has 0 saturated heterocycles. The zero-order valence-corrected chi connectivity index (χ0v) is 16.5. The molecule has 5 rings (SSSR count). The molecule has 7 heteroatoms. The average Bonchev–Trinajstić information content (AvgIpc) is 3.08. The Bertz CT molecular complexity index is 1450. The van der Waals surface area contributed by atoms with Gasteiger partial charge in [-0.2, -0.15) is 5.10 Å². The first-order valence-electron chi connectivity index (χ1n) is 9.58. The highest BCUT2D eigenvalue weighted by molar-refractivity contribution is 5.84. The van der Waals surface area contributed by atoms with Crippen LogP contribution >= 0.6 is 0 Å². The molecule has 5 aromatic rings. The number of benzene rings is 2. The van der Waals surface area contributed by atoms with Crippen molar-refractivity contribution in [2.24, 2.45) is 0 Å². The average molecular weight is 399 g/mol. The predicted molar refractivity (Wildman–Crippen MR) is 113 cm³/mol. The molecule has 3 aromatic heterocycles. The lowest BCUT2D eigenvalue weighted by atomic mass is 10.1. The fourth-order valence-electron chi connectivity index (χ4n) is 3.66. The normalized spacial score (nSPS) is 11.4. The molecule has 0 unspecified atom stereocenters. The van der Waals surface area contributed by atoms with Gasteiger partial charge in [0.05, 0.1) is 17.8 Å². The van der Waals surface area contributed by atoms with Crippen LogP contribution in [0.25, 0.3) is 27.8 Å². The van der Waals surface area contributed by atoms with Crippen LogP contribution in [-0.2, 0) is 6.54 Å². The minimum absolute atomic E-state index is 0.223. The van der Waals surface area contributed by atoms with E-state index in [1.54, 1.807) is 27.4 Å². The second kappa shape index (κ2) is 6.88. The molecule has 3 heterocycles. The van der Waals surface area contributed by atoms with E-state index in [1.165, 1.54) is 17.7 Å². The number of halogens is 1. The summed E-state index contributed by atoms with van der Waals surface area (Å²) in [5.41, 5.74) is 5.65. The highest BCUT2D eigenvalue weighted by Crippen LogP contribution is 2.28. The number of fused-ring (bicyclic) bond motifs is 3. The van der Waals surface area contributed by atoms with Crippen molar-refractivity contribution >= 4 is 16.7 Å². The fourth-order valence-corrected chi connectivity index (χ4v) is 3.66. The van der Waals surface area contributed by atoms with Crippen LogP contribution in [0.4, 0.5) is 4.39 Å². The van der Waals surface area contributed by atoms with Crippen LogP contribution in [0.5, 0.6) is 0 Å². The number of hydrogen-bond acceptors (Lipinski definition) is 4. The largest absolute Gasteiger partial charge is 0.309 e. The summed E-state index contributed by atoms with van der Waals surface area (Å²) in [4.78, 5) is 13.0. The molecule has 0 aliphatic heterocycles. The zero-order chi connectivity index (χ0) is 20.8. The van der Waals surface area contributed by atoms with Gasteiger partial charge in [-0.25, -0.2) is 8.91 Å². The highest BCUT2D eigenvalue weighted by Gasteiger charge is 2.17. The van der Waals surface area contributed by atoms with Gasteiger partial charge in [0.25, 0.3) is 5.56 Å². The first-order chi connectivity index (χ1) is 14.5. The second-order valence-electron chi connectivity index (χ2n) is 7.37. The van der Waals surface area contributed by atoms with Crippen LogP contribution in [-0.4, -0.2) is 24.4 Å². The second-order valence-corrected chi connectivity index (χ2v) is 7.37. The van der Waals surface area contributed by atoms with E-state index in [4.69, 9.17) is 0 Å². The van der Waals surface area contributed by atoms with Crippen molar-refractivity contribution in [1.29, 1.82) is 0 Å². The van der Waals surface area contributed by atoms with E-state index in [-0.39, 0.29) is 16.9 Å². The monoisotopic (exact) mass is 399 g/mol. The summed E-state index contributed by atoms with van der Waals surface area (Å²) in [6.07, 6.45) is 1.75. The lowest BCUT2D eigenvalue weighted by Gasteiger charge is -2.08. The lowest BCUT2D eigenvalue weighted by Crippen LogP contribution is -2.22. The molecule has 0 saturated carbocycles. The van der Waals surface area contributed by atoms with Crippen LogP contribution in [0.15, 0.2) is 65.6 Å². The Labute approximate surface area is 171 Å². The highest BCUT2D eigenvalue weighted by atomic mass is 19.1. The summed E-state index contributed by atoms with van der Waals surface area (Å²) in [7, 11) is 0. The van der Waals surface area contributed by atoms with Crippen molar-refractivity contribution < 1.29 is 4.39 Å². The SMILES string of the molecule is Cc1ccc(Cn2ccc3c(nnc4c(-c5ccc(F)cc5)c(C)nn43)c2=O)cc1. The molecular formula is C23H18FN5O. The third kappa shape index (κ3) is 2.95. The molecule has 0 aliphatic carbocycles. The quantitative estimate of drug-likeness (QED) is 0.461. The van der Waals surface area contributed by atoms with Gasteiger partial charge in [-0.15, -0.1) is 10.2 Å². The fraction of sp³-hybridized carbons (Fsp3) is 0.130. The molecule has 0 bridgehead atoms. The standard InChI is InChI=1S/C23H18FN5O/c1-14-3-5-16(6-4-14)13-28-12-11-19-21(23(28)30)25-26-22-20(15(2)27-29(19)22)17-7-9-18(24)10-8-17/h3-12H,13H2,1-2H3. The molecule has 6 nitrogen and oxygen atoms in total. The van der Waals surface area contributed by atoms with E-state index in [2.05, 4.69) is 15.3 Å². The van der Waals surface area contributed by atoms with Gasteiger partial charge in [0, 0.05) is 6.20 Å². The maximum absolute atomic E-state index is 13.3. The van der Waals surface area contributed by atoms with Crippen molar-refractivity contribution in [2.45, 2.75) is 20.4 Å². The molecule has 0 N–H and O–H groups in total. The van der Waals surface area contributed by atoms with Gasteiger partial charge in [-0.3, -0.25) is 4.79 Å². The molecule has 0 amide bonds. The van der Waals surface area contributed by atoms with E-state index < -0.39 is 0 Å². The Kier molecular flexibility index (Phi) is 4.17. The minimum atomic E-state index is -0.307. The Morgan fingerprint density at radius 3 is 2.40 bits per heavy atom. The molecule has 30 heavy (non-hydrogen) atoms. The summed E-state index contributed by atoms with van der Waals surface area (Å²) >= 11 is 0. The topological polar surface area (TPSA) is 65.1 Å². The van der Waals surface area contributed by atoms with Gasteiger partial charge >= 0.3 is 0 Å². The lowest BCUT2D eigenvalue weighted by molar-refractivity contribution is 0.628. The van der Waals surface area contributed by atoms with Crippen molar-refractivity contribution in [1.82, 2.24) is 24.4 Å². The van der Waals surface area contributed by atoms with Gasteiger partial charge in [0.2, 0.25) is 0 Å². The first-order valence-corrected chi connectivity index (χ1v) is 9.58. The maximum Gasteiger partial charge on any atom is 0.280 e. The van der Waals surface area contributed by atoms with Gasteiger partial charge < -0.3 is 4.57 Å². The van der Waals surface area contributed by atoms with Crippen molar-refractivity contribution in [3.63, 3.8) is 0 Å². The van der Waals surface area contributed by atoms with Crippen LogP contribution < -0.4 is 5.56 Å². The Hall–Kier alpha value is -3.87. The predicted octanol–water partition coefficient (Wildman–Crippen LogP) is 3.91. The van der Waals surface area contributed by atoms with Crippen LogP contribution in [0.2, 0.25) is 0 Å². The Balaban J connectivity index is 1.65. The number of nitrogens with zero attached hydrogens (tertiary/aromatic N) is 5. The zero-order valence-electron chi connectivity index (χ0n) is 16.5. The summed E-state index contributed by atoms with van der Waals surface area (Å²) < 4.78 is 16.6. The number of rotatable bonds is 3. The van der Waals surface area contributed by atoms with Crippen LogP contribution in [0, 0.1) is 19.7 Å². The molecule has 0 atom stereocenters. The van der Waals surface area contributed by atoms with E-state index in [0.29, 0.717) is 17.7 Å². The van der Waals surface area contributed by atoms with Crippen molar-refractivity contribution in [3.05, 3.63) is 93.8 Å². The number of aryl methyl sites for hydroxylation is 2. The van der Waals surface area contributed by atoms with Gasteiger partial charge in [0.15, 0.2) is 11.2 Å². The number of pyridine rings is 1. The molecule has 2 aromatic carbocycles. The third-order valence-corrected chi connectivity index (χ3v) is 5.23. The molecule has 0 aliphatic rings. The van der Waals surface area contributed by atoms with E-state index >= 15 is 0 Å². The molecule has 0 fully saturated rings. The first kappa shape index (κ1) is 18.2. The summed E-state index contributed by atoms with van der Waals surface area (Å²) in [6, 6.07) is 16.1. The van der Waals surface area contributed by atoms with Crippen molar-refractivity contribution in [3.8, 4) is 11.1 Å². The number of hydrogen-bond donors (Lipinski definition) is 0. The number of aromatic nitrogens is 5. The summed E-state index contributed by atoms with van der Waals surface area (Å²) in [5, 5.41) is 13.1. The Morgan fingerprint density at radius 2 is 1.67 bits per heavy atom. The van der Waals surface area contributed by atoms with Crippen LogP contribution in [0.3, 0.4) is 0 Å².